The normalized spacial score (nSPS) is 16.8. The van der Waals surface area contributed by atoms with E-state index in [1.54, 1.807) is 18.2 Å². The van der Waals surface area contributed by atoms with E-state index in [9.17, 15) is 14.0 Å². The second-order valence-electron chi connectivity index (χ2n) is 8.25. The summed E-state index contributed by atoms with van der Waals surface area (Å²) in [6, 6.07) is 23.3. The molecule has 7 heteroatoms. The highest BCUT2D eigenvalue weighted by molar-refractivity contribution is 6.00. The summed E-state index contributed by atoms with van der Waals surface area (Å²) >= 11 is 0. The number of aromatic amines is 1. The summed E-state index contributed by atoms with van der Waals surface area (Å²) in [7, 11) is 0. The maximum Gasteiger partial charge on any atom is 0.227 e. The van der Waals surface area contributed by atoms with E-state index in [2.05, 4.69) is 15.3 Å². The Morgan fingerprint density at radius 3 is 2.58 bits per heavy atom. The van der Waals surface area contributed by atoms with E-state index >= 15 is 0 Å². The van der Waals surface area contributed by atoms with Gasteiger partial charge in [0, 0.05) is 13.0 Å². The predicted octanol–water partition coefficient (Wildman–Crippen LogP) is 4.16. The largest absolute Gasteiger partial charge is 0.346 e. The van der Waals surface area contributed by atoms with Gasteiger partial charge in [0.15, 0.2) is 0 Å². The van der Waals surface area contributed by atoms with Gasteiger partial charge in [0.05, 0.1) is 28.7 Å². The Hall–Kier alpha value is -4.00. The Balaban J connectivity index is 1.38. The van der Waals surface area contributed by atoms with E-state index in [-0.39, 0.29) is 30.5 Å². The number of benzene rings is 3. The lowest BCUT2D eigenvalue weighted by atomic mass is 10.0. The third-order valence-corrected chi connectivity index (χ3v) is 5.98. The van der Waals surface area contributed by atoms with Crippen LogP contribution in [0.2, 0.25) is 0 Å². The molecule has 1 aliphatic rings. The molecule has 0 spiro atoms. The monoisotopic (exact) mass is 442 g/mol. The first kappa shape index (κ1) is 20.9. The zero-order chi connectivity index (χ0) is 22.8. The number of aromatic nitrogens is 2. The van der Waals surface area contributed by atoms with Gasteiger partial charge in [-0.3, -0.25) is 9.59 Å². The summed E-state index contributed by atoms with van der Waals surface area (Å²) in [5.74, 6) is -0.897. The van der Waals surface area contributed by atoms with E-state index in [0.717, 1.165) is 16.6 Å². The number of H-pyrrole nitrogens is 1. The van der Waals surface area contributed by atoms with E-state index in [1.807, 2.05) is 54.6 Å². The first-order chi connectivity index (χ1) is 16.1. The average molecular weight is 442 g/mol. The molecule has 1 aromatic heterocycles. The van der Waals surface area contributed by atoms with E-state index in [1.165, 1.54) is 11.0 Å². The van der Waals surface area contributed by atoms with Crippen LogP contribution in [0.5, 0.6) is 0 Å². The topological polar surface area (TPSA) is 78.1 Å². The van der Waals surface area contributed by atoms with Crippen LogP contribution >= 0.6 is 0 Å². The van der Waals surface area contributed by atoms with Crippen LogP contribution in [-0.2, 0) is 16.0 Å². The Morgan fingerprint density at radius 1 is 1.06 bits per heavy atom. The van der Waals surface area contributed by atoms with Gasteiger partial charge in [-0.15, -0.1) is 0 Å². The van der Waals surface area contributed by atoms with Crippen molar-refractivity contribution in [3.05, 3.63) is 96.1 Å². The Bertz CT molecular complexity index is 1270. The van der Waals surface area contributed by atoms with Crippen LogP contribution in [0.1, 0.15) is 23.9 Å². The summed E-state index contributed by atoms with van der Waals surface area (Å²) in [6.07, 6.45) is 0.586. The zero-order valence-corrected chi connectivity index (χ0v) is 17.9. The molecule has 1 fully saturated rings. The van der Waals surface area contributed by atoms with E-state index < -0.39 is 17.8 Å². The molecule has 1 aliphatic heterocycles. The molecule has 2 heterocycles. The highest BCUT2D eigenvalue weighted by Crippen LogP contribution is 2.28. The molecule has 6 nitrogen and oxygen atoms in total. The number of amides is 2. The molecule has 5 rings (SSSR count). The van der Waals surface area contributed by atoms with Crippen molar-refractivity contribution >= 4 is 28.5 Å². The molecule has 4 aromatic rings. The van der Waals surface area contributed by atoms with Gasteiger partial charge >= 0.3 is 0 Å². The van der Waals surface area contributed by atoms with Gasteiger partial charge in [-0.2, -0.15) is 0 Å². The minimum absolute atomic E-state index is 0.0400. The number of rotatable bonds is 6. The maximum atomic E-state index is 14.2. The van der Waals surface area contributed by atoms with Crippen LogP contribution in [0, 0.1) is 11.7 Å². The second-order valence-corrected chi connectivity index (χ2v) is 8.25. The molecule has 1 saturated heterocycles. The molecule has 1 unspecified atom stereocenters. The number of halogens is 1. The van der Waals surface area contributed by atoms with Gasteiger partial charge in [-0.25, -0.2) is 9.37 Å². The number of anilines is 1. The van der Waals surface area contributed by atoms with Crippen LogP contribution in [0.3, 0.4) is 0 Å². The molecule has 0 aliphatic carbocycles. The Labute approximate surface area is 190 Å². The van der Waals surface area contributed by atoms with Gasteiger partial charge < -0.3 is 15.2 Å². The highest BCUT2D eigenvalue weighted by Gasteiger charge is 2.37. The Kier molecular flexibility index (Phi) is 5.60. The number of nitrogens with one attached hydrogen (secondary N) is 2. The van der Waals surface area contributed by atoms with Crippen molar-refractivity contribution in [1.82, 2.24) is 15.3 Å². The number of carbonyl (C=O) groups excluding carboxylic acids is 2. The Morgan fingerprint density at radius 2 is 1.79 bits per heavy atom. The highest BCUT2D eigenvalue weighted by atomic mass is 19.1. The molecular formula is C26H23FN4O2. The SMILES string of the molecule is O=C(N[C@@H](Cc1ccccc1)c1nc2ccccc2[nH]1)C1CC(=O)N(c2ccccc2F)C1. The third-order valence-electron chi connectivity index (χ3n) is 5.98. The van der Waals surface area contributed by atoms with Crippen LogP contribution in [0.25, 0.3) is 11.0 Å². The fraction of sp³-hybridized carbons (Fsp3) is 0.192. The number of carbonyl (C=O) groups is 2. The van der Waals surface area contributed by atoms with Crippen LogP contribution in [-0.4, -0.2) is 28.3 Å². The number of imidazole rings is 1. The molecular weight excluding hydrogens is 419 g/mol. The van der Waals surface area contributed by atoms with E-state index in [4.69, 9.17) is 0 Å². The van der Waals surface area contributed by atoms with Gasteiger partial charge in [-0.05, 0) is 36.2 Å². The minimum atomic E-state index is -0.570. The first-order valence-electron chi connectivity index (χ1n) is 10.9. The quantitative estimate of drug-likeness (QED) is 0.471. The van der Waals surface area contributed by atoms with Crippen molar-refractivity contribution in [3.63, 3.8) is 0 Å². The smallest absolute Gasteiger partial charge is 0.227 e. The fourth-order valence-electron chi connectivity index (χ4n) is 4.28. The number of hydrogen-bond donors (Lipinski definition) is 2. The fourth-order valence-corrected chi connectivity index (χ4v) is 4.28. The number of nitrogens with zero attached hydrogens (tertiary/aromatic N) is 2. The number of fused-ring (bicyclic) bond motifs is 1. The first-order valence-corrected chi connectivity index (χ1v) is 10.9. The van der Waals surface area contributed by atoms with Gasteiger partial charge in [0.1, 0.15) is 11.6 Å². The lowest BCUT2D eigenvalue weighted by Crippen LogP contribution is -2.37. The van der Waals surface area contributed by atoms with Crippen LogP contribution in [0.15, 0.2) is 78.9 Å². The van der Waals surface area contributed by atoms with Crippen molar-refractivity contribution < 1.29 is 14.0 Å². The molecule has 2 amide bonds. The summed E-state index contributed by atoms with van der Waals surface area (Å²) in [5.41, 5.74) is 2.97. The van der Waals surface area contributed by atoms with Crippen molar-refractivity contribution in [2.45, 2.75) is 18.9 Å². The number of hydrogen-bond acceptors (Lipinski definition) is 3. The standard InChI is InChI=1S/C26H23FN4O2/c27-19-10-4-7-13-23(19)31-16-18(15-24(31)32)26(33)30-22(14-17-8-2-1-3-9-17)25-28-20-11-5-6-12-21(20)29-25/h1-13,18,22H,14-16H2,(H,28,29)(H,30,33)/t18?,22-/m0/s1. The molecule has 2 N–H and O–H groups in total. The molecule has 33 heavy (non-hydrogen) atoms. The van der Waals surface area contributed by atoms with Gasteiger partial charge in [-0.1, -0.05) is 54.6 Å². The predicted molar refractivity (Wildman–Crippen MR) is 124 cm³/mol. The third kappa shape index (κ3) is 4.35. The minimum Gasteiger partial charge on any atom is -0.346 e. The lowest BCUT2D eigenvalue weighted by molar-refractivity contribution is -0.127. The molecule has 0 radical (unpaired) electrons. The van der Waals surface area contributed by atoms with Crippen LogP contribution < -0.4 is 10.2 Å². The molecule has 0 bridgehead atoms. The molecule has 166 valence electrons. The summed E-state index contributed by atoms with van der Waals surface area (Å²) < 4.78 is 14.2. The van der Waals surface area contributed by atoms with Gasteiger partial charge in [0.25, 0.3) is 0 Å². The molecule has 3 aromatic carbocycles. The van der Waals surface area contributed by atoms with Crippen molar-refractivity contribution in [2.75, 3.05) is 11.4 Å². The van der Waals surface area contributed by atoms with Crippen molar-refractivity contribution in [2.24, 2.45) is 5.92 Å². The summed E-state index contributed by atoms with van der Waals surface area (Å²) in [6.45, 7) is 0.143. The van der Waals surface area contributed by atoms with Crippen LogP contribution in [0.4, 0.5) is 10.1 Å². The zero-order valence-electron chi connectivity index (χ0n) is 17.9. The molecule has 0 saturated carbocycles. The second kappa shape index (κ2) is 8.86. The van der Waals surface area contributed by atoms with Crippen molar-refractivity contribution in [1.29, 1.82) is 0 Å². The molecule has 2 atom stereocenters. The lowest BCUT2D eigenvalue weighted by Gasteiger charge is -2.20. The summed E-state index contributed by atoms with van der Waals surface area (Å²) in [4.78, 5) is 35.1. The van der Waals surface area contributed by atoms with E-state index in [0.29, 0.717) is 12.2 Å². The van der Waals surface area contributed by atoms with Crippen molar-refractivity contribution in [3.8, 4) is 0 Å². The average Bonchev–Trinajstić information content (AvgIpc) is 3.43. The number of para-hydroxylation sites is 3. The van der Waals surface area contributed by atoms with Gasteiger partial charge in [0.2, 0.25) is 11.8 Å². The summed E-state index contributed by atoms with van der Waals surface area (Å²) in [5, 5.41) is 3.09. The maximum absolute atomic E-state index is 14.2.